The quantitative estimate of drug-likeness (QED) is 0.446. The molecule has 0 aromatic carbocycles. The van der Waals surface area contributed by atoms with Crippen molar-refractivity contribution in [1.29, 1.82) is 0 Å². The minimum atomic E-state index is -0.333. The summed E-state index contributed by atoms with van der Waals surface area (Å²) in [5.41, 5.74) is 1.60. The minimum Gasteiger partial charge on any atom is -0.465 e. The van der Waals surface area contributed by atoms with Gasteiger partial charge in [0.05, 0.1) is 12.7 Å². The fraction of sp³-hybridized carbons (Fsp3) is 0.438. The Morgan fingerprint density at radius 2 is 2.29 bits per heavy atom. The van der Waals surface area contributed by atoms with Gasteiger partial charge in [0.1, 0.15) is 5.00 Å². The summed E-state index contributed by atoms with van der Waals surface area (Å²) in [4.78, 5) is 13.2. The SMILES string of the molecule is CCc1c(C)sc(NC(=S)NCCCn2cccn2)c1C(=O)OC. The molecule has 24 heavy (non-hydrogen) atoms. The Morgan fingerprint density at radius 1 is 1.50 bits per heavy atom. The molecule has 2 aromatic heterocycles. The fourth-order valence-electron chi connectivity index (χ4n) is 2.43. The highest BCUT2D eigenvalue weighted by molar-refractivity contribution is 7.80. The van der Waals surface area contributed by atoms with Gasteiger partial charge in [0.2, 0.25) is 0 Å². The van der Waals surface area contributed by atoms with Crippen LogP contribution in [0.1, 0.15) is 34.1 Å². The van der Waals surface area contributed by atoms with E-state index >= 15 is 0 Å². The lowest BCUT2D eigenvalue weighted by Gasteiger charge is -2.11. The predicted octanol–water partition coefficient (Wildman–Crippen LogP) is 2.98. The Labute approximate surface area is 151 Å². The lowest BCUT2D eigenvalue weighted by molar-refractivity contribution is 0.0601. The Morgan fingerprint density at radius 3 is 2.92 bits per heavy atom. The van der Waals surface area contributed by atoms with Gasteiger partial charge in [-0.05, 0) is 43.6 Å². The van der Waals surface area contributed by atoms with E-state index < -0.39 is 0 Å². The van der Waals surface area contributed by atoms with Crippen molar-refractivity contribution in [1.82, 2.24) is 15.1 Å². The van der Waals surface area contributed by atoms with Gasteiger partial charge in [-0.1, -0.05) is 6.92 Å². The van der Waals surface area contributed by atoms with E-state index in [2.05, 4.69) is 15.7 Å². The van der Waals surface area contributed by atoms with Crippen molar-refractivity contribution >= 4 is 39.6 Å². The summed E-state index contributed by atoms with van der Waals surface area (Å²) in [7, 11) is 1.39. The number of carbonyl (C=O) groups excluding carboxylic acids is 1. The molecule has 0 saturated carbocycles. The second-order valence-corrected chi connectivity index (χ2v) is 6.82. The zero-order valence-corrected chi connectivity index (χ0v) is 15.7. The van der Waals surface area contributed by atoms with Crippen molar-refractivity contribution < 1.29 is 9.53 Å². The number of thiocarbonyl (C=S) groups is 1. The van der Waals surface area contributed by atoms with Crippen molar-refractivity contribution in [2.75, 3.05) is 19.0 Å². The van der Waals surface area contributed by atoms with Crippen LogP contribution in [0.15, 0.2) is 18.5 Å². The first kappa shape index (κ1) is 18.4. The average molecular weight is 367 g/mol. The van der Waals surface area contributed by atoms with E-state index in [1.165, 1.54) is 18.4 Å². The predicted molar refractivity (Wildman–Crippen MR) is 101 cm³/mol. The third kappa shape index (κ3) is 4.55. The number of methoxy groups -OCH3 is 1. The van der Waals surface area contributed by atoms with Crippen LogP contribution >= 0.6 is 23.6 Å². The molecule has 0 spiro atoms. The zero-order valence-electron chi connectivity index (χ0n) is 14.1. The highest BCUT2D eigenvalue weighted by Crippen LogP contribution is 2.33. The van der Waals surface area contributed by atoms with E-state index in [0.717, 1.165) is 41.4 Å². The Hall–Kier alpha value is -1.93. The van der Waals surface area contributed by atoms with E-state index in [-0.39, 0.29) is 5.97 Å². The molecule has 2 heterocycles. The molecule has 0 aliphatic rings. The number of hydrogen-bond acceptors (Lipinski definition) is 5. The molecule has 0 unspecified atom stereocenters. The van der Waals surface area contributed by atoms with Gasteiger partial charge in [-0.2, -0.15) is 5.10 Å². The van der Waals surface area contributed by atoms with Crippen LogP contribution in [0.4, 0.5) is 5.00 Å². The number of hydrogen-bond donors (Lipinski definition) is 2. The molecule has 130 valence electrons. The van der Waals surface area contributed by atoms with Crippen molar-refractivity contribution in [2.24, 2.45) is 0 Å². The van der Waals surface area contributed by atoms with Crippen LogP contribution < -0.4 is 10.6 Å². The molecule has 0 saturated heterocycles. The van der Waals surface area contributed by atoms with Gasteiger partial charge in [-0.15, -0.1) is 11.3 Å². The van der Waals surface area contributed by atoms with Crippen LogP contribution in [0.25, 0.3) is 0 Å². The van der Waals surface area contributed by atoms with Crippen LogP contribution in [-0.4, -0.2) is 34.5 Å². The number of aromatic nitrogens is 2. The molecule has 0 amide bonds. The van der Waals surface area contributed by atoms with Gasteiger partial charge in [-0.3, -0.25) is 4.68 Å². The zero-order chi connectivity index (χ0) is 17.5. The maximum atomic E-state index is 12.1. The number of carbonyl (C=O) groups is 1. The van der Waals surface area contributed by atoms with Gasteiger partial charge in [0, 0.05) is 30.4 Å². The average Bonchev–Trinajstić information content (AvgIpc) is 3.18. The second kappa shape index (κ2) is 8.79. The van der Waals surface area contributed by atoms with E-state index in [1.807, 2.05) is 30.8 Å². The fourth-order valence-corrected chi connectivity index (χ4v) is 3.84. The number of nitrogens with one attached hydrogen (secondary N) is 2. The lowest BCUT2D eigenvalue weighted by Crippen LogP contribution is -2.30. The van der Waals surface area contributed by atoms with E-state index in [9.17, 15) is 4.79 Å². The van der Waals surface area contributed by atoms with Gasteiger partial charge in [0.15, 0.2) is 5.11 Å². The number of aryl methyl sites for hydroxylation is 2. The van der Waals surface area contributed by atoms with E-state index in [1.54, 1.807) is 6.20 Å². The molecule has 0 aliphatic heterocycles. The molecular formula is C16H22N4O2S2. The van der Waals surface area contributed by atoms with Crippen LogP contribution in [0, 0.1) is 6.92 Å². The summed E-state index contributed by atoms with van der Waals surface area (Å²) in [5.74, 6) is -0.333. The molecule has 0 radical (unpaired) electrons. The van der Waals surface area contributed by atoms with Crippen LogP contribution in [0.3, 0.4) is 0 Å². The second-order valence-electron chi connectivity index (χ2n) is 5.19. The van der Waals surface area contributed by atoms with E-state index in [0.29, 0.717) is 10.7 Å². The summed E-state index contributed by atoms with van der Waals surface area (Å²) >= 11 is 6.85. The number of ether oxygens (including phenoxy) is 1. The molecule has 0 fully saturated rings. The largest absolute Gasteiger partial charge is 0.465 e. The molecule has 0 aliphatic carbocycles. The monoisotopic (exact) mass is 366 g/mol. The van der Waals surface area contributed by atoms with Crippen LogP contribution in [0.5, 0.6) is 0 Å². The summed E-state index contributed by atoms with van der Waals surface area (Å²) in [6, 6.07) is 1.90. The number of rotatable bonds is 7. The minimum absolute atomic E-state index is 0.333. The van der Waals surface area contributed by atoms with Gasteiger partial charge < -0.3 is 15.4 Å². The molecular weight excluding hydrogens is 344 g/mol. The van der Waals surface area contributed by atoms with Crippen molar-refractivity contribution in [3.8, 4) is 0 Å². The summed E-state index contributed by atoms with van der Waals surface area (Å²) in [6.45, 7) is 5.58. The van der Waals surface area contributed by atoms with E-state index in [4.69, 9.17) is 17.0 Å². The highest BCUT2D eigenvalue weighted by Gasteiger charge is 2.22. The number of nitrogens with zero attached hydrogens (tertiary/aromatic N) is 2. The van der Waals surface area contributed by atoms with Crippen molar-refractivity contribution in [3.05, 3.63) is 34.5 Å². The maximum Gasteiger partial charge on any atom is 0.341 e. The van der Waals surface area contributed by atoms with Gasteiger partial charge >= 0.3 is 5.97 Å². The topological polar surface area (TPSA) is 68.2 Å². The third-order valence-electron chi connectivity index (χ3n) is 3.59. The van der Waals surface area contributed by atoms with Gasteiger partial charge in [-0.25, -0.2) is 4.79 Å². The summed E-state index contributed by atoms with van der Waals surface area (Å²) < 4.78 is 6.79. The molecule has 2 aromatic rings. The lowest BCUT2D eigenvalue weighted by atomic mass is 10.1. The summed E-state index contributed by atoms with van der Waals surface area (Å²) in [6.07, 6.45) is 5.37. The Kier molecular flexibility index (Phi) is 6.74. The van der Waals surface area contributed by atoms with Crippen molar-refractivity contribution in [2.45, 2.75) is 33.2 Å². The maximum absolute atomic E-state index is 12.1. The highest BCUT2D eigenvalue weighted by atomic mass is 32.1. The first-order chi connectivity index (χ1) is 11.6. The molecule has 2 N–H and O–H groups in total. The molecule has 0 atom stereocenters. The molecule has 6 nitrogen and oxygen atoms in total. The standard InChI is InChI=1S/C16H22N4O2S2/c1-4-12-11(2)24-14(13(12)15(21)22-3)19-16(23)17-7-5-9-20-10-6-8-18-20/h6,8,10H,4-5,7,9H2,1-3H3,(H2,17,19,23). The Balaban J connectivity index is 1.92. The molecule has 2 rings (SSSR count). The Bertz CT molecular complexity index is 695. The third-order valence-corrected chi connectivity index (χ3v) is 4.90. The first-order valence-electron chi connectivity index (χ1n) is 7.79. The first-order valence-corrected chi connectivity index (χ1v) is 9.02. The van der Waals surface area contributed by atoms with Gasteiger partial charge in [0.25, 0.3) is 0 Å². The summed E-state index contributed by atoms with van der Waals surface area (Å²) in [5, 5.41) is 11.7. The molecule has 8 heteroatoms. The number of anilines is 1. The molecule has 0 bridgehead atoms. The normalized spacial score (nSPS) is 10.5. The van der Waals surface area contributed by atoms with Crippen LogP contribution in [-0.2, 0) is 17.7 Å². The number of esters is 1. The van der Waals surface area contributed by atoms with Crippen molar-refractivity contribution in [3.63, 3.8) is 0 Å². The van der Waals surface area contributed by atoms with Crippen LogP contribution in [0.2, 0.25) is 0 Å². The smallest absolute Gasteiger partial charge is 0.341 e. The number of thiophene rings is 1.